The highest BCUT2D eigenvalue weighted by Gasteiger charge is 2.23. The molecule has 2 aromatic rings. The van der Waals surface area contributed by atoms with Gasteiger partial charge in [0.2, 0.25) is 0 Å². The summed E-state index contributed by atoms with van der Waals surface area (Å²) < 4.78 is 0. The molecule has 0 aromatic carbocycles. The zero-order valence-corrected chi connectivity index (χ0v) is 11.4. The molecule has 0 saturated carbocycles. The van der Waals surface area contributed by atoms with Crippen molar-refractivity contribution in [3.63, 3.8) is 0 Å². The Balaban J connectivity index is 1.77. The van der Waals surface area contributed by atoms with Crippen LogP contribution in [0.1, 0.15) is 27.4 Å². The second-order valence-corrected chi connectivity index (χ2v) is 4.94. The molecule has 2 aromatic heterocycles. The van der Waals surface area contributed by atoms with Crippen LogP contribution in [0.15, 0.2) is 24.4 Å². The van der Waals surface area contributed by atoms with Gasteiger partial charge in [-0.15, -0.1) is 0 Å². The lowest BCUT2D eigenvalue weighted by molar-refractivity contribution is 0.0776. The highest BCUT2D eigenvalue weighted by Crippen LogP contribution is 2.17. The van der Waals surface area contributed by atoms with Crippen molar-refractivity contribution >= 4 is 5.91 Å². The number of amides is 1. The van der Waals surface area contributed by atoms with Gasteiger partial charge in [-0.1, -0.05) is 6.07 Å². The first-order chi connectivity index (χ1) is 9.75. The predicted octanol–water partition coefficient (Wildman–Crippen LogP) is 0.723. The molecular weight excluding hydrogens is 254 g/mol. The second kappa shape index (κ2) is 5.42. The Kier molecular flexibility index (Phi) is 3.47. The number of carbonyl (C=O) groups is 1. The van der Waals surface area contributed by atoms with Gasteiger partial charge in [0.1, 0.15) is 0 Å². The number of hydrogen-bond donors (Lipinski definition) is 2. The van der Waals surface area contributed by atoms with Crippen LogP contribution in [-0.4, -0.2) is 39.6 Å². The summed E-state index contributed by atoms with van der Waals surface area (Å²) in [6, 6.07) is 5.69. The third kappa shape index (κ3) is 2.42. The van der Waals surface area contributed by atoms with E-state index in [-0.39, 0.29) is 5.91 Å². The molecule has 0 fully saturated rings. The van der Waals surface area contributed by atoms with Crippen molar-refractivity contribution in [3.8, 4) is 0 Å². The molecule has 1 aliphatic rings. The van der Waals surface area contributed by atoms with Crippen molar-refractivity contribution in [1.82, 2.24) is 25.4 Å². The molecule has 0 spiro atoms. The van der Waals surface area contributed by atoms with Gasteiger partial charge in [0.25, 0.3) is 5.91 Å². The summed E-state index contributed by atoms with van der Waals surface area (Å²) in [6.45, 7) is 2.12. The maximum Gasteiger partial charge on any atom is 0.274 e. The molecule has 0 aliphatic carbocycles. The molecule has 104 valence electrons. The van der Waals surface area contributed by atoms with Gasteiger partial charge in [0, 0.05) is 25.4 Å². The number of hydrogen-bond acceptors (Lipinski definition) is 4. The Morgan fingerprint density at radius 3 is 3.15 bits per heavy atom. The van der Waals surface area contributed by atoms with E-state index in [1.807, 2.05) is 18.2 Å². The van der Waals surface area contributed by atoms with E-state index in [9.17, 15) is 4.79 Å². The summed E-state index contributed by atoms with van der Waals surface area (Å²) in [5.41, 5.74) is 3.47. The van der Waals surface area contributed by atoms with Gasteiger partial charge in [-0.05, 0) is 25.1 Å². The van der Waals surface area contributed by atoms with E-state index < -0.39 is 0 Å². The Hall–Kier alpha value is -2.21. The summed E-state index contributed by atoms with van der Waals surface area (Å²) in [5.74, 6) is -0.0601. The Bertz CT molecular complexity index is 607. The number of H-pyrrole nitrogens is 1. The van der Waals surface area contributed by atoms with Crippen LogP contribution in [0.2, 0.25) is 0 Å². The molecule has 0 radical (unpaired) electrons. The highest BCUT2D eigenvalue weighted by molar-refractivity contribution is 5.93. The summed E-state index contributed by atoms with van der Waals surface area (Å²) in [4.78, 5) is 18.4. The smallest absolute Gasteiger partial charge is 0.274 e. The number of pyridine rings is 1. The van der Waals surface area contributed by atoms with E-state index in [0.29, 0.717) is 12.2 Å². The summed E-state index contributed by atoms with van der Waals surface area (Å²) >= 11 is 0. The summed E-state index contributed by atoms with van der Waals surface area (Å²) in [7, 11) is 1.78. The van der Waals surface area contributed by atoms with E-state index in [2.05, 4.69) is 20.5 Å². The number of nitrogens with one attached hydrogen (secondary N) is 2. The SMILES string of the molecule is CN(Cc1ccccn1)C(=O)c1n[nH]c2c1CCNC2. The quantitative estimate of drug-likeness (QED) is 0.863. The van der Waals surface area contributed by atoms with Gasteiger partial charge >= 0.3 is 0 Å². The molecule has 0 saturated heterocycles. The zero-order valence-electron chi connectivity index (χ0n) is 11.4. The Labute approximate surface area is 117 Å². The highest BCUT2D eigenvalue weighted by atomic mass is 16.2. The van der Waals surface area contributed by atoms with Crippen LogP contribution < -0.4 is 5.32 Å². The Morgan fingerprint density at radius 1 is 1.45 bits per heavy atom. The Morgan fingerprint density at radius 2 is 2.35 bits per heavy atom. The van der Waals surface area contributed by atoms with E-state index >= 15 is 0 Å². The van der Waals surface area contributed by atoms with Gasteiger partial charge in [-0.25, -0.2) is 0 Å². The number of fused-ring (bicyclic) bond motifs is 1. The minimum Gasteiger partial charge on any atom is -0.334 e. The second-order valence-electron chi connectivity index (χ2n) is 4.94. The topological polar surface area (TPSA) is 73.9 Å². The van der Waals surface area contributed by atoms with Crippen LogP contribution in [0.4, 0.5) is 0 Å². The number of aromatic amines is 1. The normalized spacial score (nSPS) is 13.8. The number of nitrogens with zero attached hydrogens (tertiary/aromatic N) is 3. The van der Waals surface area contributed by atoms with Gasteiger partial charge < -0.3 is 10.2 Å². The molecule has 3 heterocycles. The maximum atomic E-state index is 12.5. The molecule has 3 rings (SSSR count). The molecular formula is C14H17N5O. The van der Waals surface area contributed by atoms with Crippen molar-refractivity contribution in [2.24, 2.45) is 0 Å². The van der Waals surface area contributed by atoms with Gasteiger partial charge in [0.15, 0.2) is 5.69 Å². The lowest BCUT2D eigenvalue weighted by Crippen LogP contribution is -2.29. The van der Waals surface area contributed by atoms with Crippen LogP contribution in [0.5, 0.6) is 0 Å². The first-order valence-corrected chi connectivity index (χ1v) is 6.68. The lowest BCUT2D eigenvalue weighted by Gasteiger charge is -2.17. The van der Waals surface area contributed by atoms with Crippen LogP contribution in [0.3, 0.4) is 0 Å². The fraction of sp³-hybridized carbons (Fsp3) is 0.357. The molecule has 0 bridgehead atoms. The molecule has 2 N–H and O–H groups in total. The molecule has 20 heavy (non-hydrogen) atoms. The number of carbonyl (C=O) groups excluding carboxylic acids is 1. The largest absolute Gasteiger partial charge is 0.334 e. The van der Waals surface area contributed by atoms with Crippen molar-refractivity contribution in [1.29, 1.82) is 0 Å². The van der Waals surface area contributed by atoms with Crippen LogP contribution in [0, 0.1) is 0 Å². The third-order valence-corrected chi connectivity index (χ3v) is 3.48. The minimum atomic E-state index is -0.0601. The van der Waals surface area contributed by atoms with Gasteiger partial charge in [0.05, 0.1) is 17.9 Å². The lowest BCUT2D eigenvalue weighted by atomic mass is 10.1. The third-order valence-electron chi connectivity index (χ3n) is 3.48. The molecule has 6 nitrogen and oxygen atoms in total. The van der Waals surface area contributed by atoms with E-state index in [0.717, 1.165) is 36.5 Å². The van der Waals surface area contributed by atoms with E-state index in [1.165, 1.54) is 0 Å². The van der Waals surface area contributed by atoms with Crippen molar-refractivity contribution in [2.45, 2.75) is 19.5 Å². The molecule has 0 atom stereocenters. The van der Waals surface area contributed by atoms with Gasteiger partial charge in [-0.2, -0.15) is 5.10 Å². The van der Waals surface area contributed by atoms with Crippen LogP contribution in [-0.2, 0) is 19.5 Å². The average Bonchev–Trinajstić information content (AvgIpc) is 2.91. The summed E-state index contributed by atoms with van der Waals surface area (Å²) in [5, 5.41) is 10.4. The van der Waals surface area contributed by atoms with Crippen molar-refractivity contribution in [2.75, 3.05) is 13.6 Å². The first kappa shape index (κ1) is 12.8. The van der Waals surface area contributed by atoms with E-state index in [4.69, 9.17) is 0 Å². The summed E-state index contributed by atoms with van der Waals surface area (Å²) in [6.07, 6.45) is 2.57. The predicted molar refractivity (Wildman–Crippen MR) is 74.0 cm³/mol. The molecule has 0 unspecified atom stereocenters. The molecule has 6 heteroatoms. The maximum absolute atomic E-state index is 12.5. The number of aromatic nitrogens is 3. The van der Waals surface area contributed by atoms with Crippen molar-refractivity contribution in [3.05, 3.63) is 47.0 Å². The van der Waals surface area contributed by atoms with Gasteiger partial charge in [-0.3, -0.25) is 14.9 Å². The fourth-order valence-corrected chi connectivity index (χ4v) is 2.41. The first-order valence-electron chi connectivity index (χ1n) is 6.68. The molecule has 1 amide bonds. The van der Waals surface area contributed by atoms with Crippen LogP contribution in [0.25, 0.3) is 0 Å². The zero-order chi connectivity index (χ0) is 13.9. The van der Waals surface area contributed by atoms with E-state index in [1.54, 1.807) is 18.1 Å². The minimum absolute atomic E-state index is 0.0601. The number of rotatable bonds is 3. The molecule has 1 aliphatic heterocycles. The monoisotopic (exact) mass is 271 g/mol. The fourth-order valence-electron chi connectivity index (χ4n) is 2.41. The standard InChI is InChI=1S/C14H17N5O/c1-19(9-10-4-2-3-6-16-10)14(20)13-11-5-7-15-8-12(11)17-18-13/h2-4,6,15H,5,7-9H2,1H3,(H,17,18). The van der Waals surface area contributed by atoms with Crippen molar-refractivity contribution < 1.29 is 4.79 Å². The average molecular weight is 271 g/mol. The van der Waals surface area contributed by atoms with Crippen LogP contribution >= 0.6 is 0 Å².